The van der Waals surface area contributed by atoms with E-state index in [0.717, 1.165) is 12.1 Å². The number of hydrogen-bond donors (Lipinski definition) is 1. The molecule has 0 radical (unpaired) electrons. The number of nitrogens with one attached hydrogen (secondary N) is 1. The van der Waals surface area contributed by atoms with Crippen molar-refractivity contribution < 1.29 is 13.6 Å². The van der Waals surface area contributed by atoms with Crippen LogP contribution in [0.1, 0.15) is 5.56 Å². The van der Waals surface area contributed by atoms with Crippen LogP contribution in [0.25, 0.3) is 0 Å². The van der Waals surface area contributed by atoms with Gasteiger partial charge in [0.05, 0.1) is 6.42 Å². The number of hydrogen-bond acceptors (Lipinski definition) is 2. The lowest BCUT2D eigenvalue weighted by Gasteiger charge is -2.05. The Bertz CT molecular complexity index is 619. The molecule has 1 amide bonds. The number of nitrogens with zero attached hydrogens (tertiary/aromatic N) is 1. The number of amides is 1. The second-order valence-corrected chi connectivity index (χ2v) is 4.62. The highest BCUT2D eigenvalue weighted by molar-refractivity contribution is 9.10. The molecule has 0 saturated carbocycles. The van der Waals surface area contributed by atoms with Gasteiger partial charge in [0.2, 0.25) is 5.91 Å². The third-order valence-electron chi connectivity index (χ3n) is 2.35. The molecule has 0 bridgehead atoms. The highest BCUT2D eigenvalue weighted by Gasteiger charge is 2.10. The summed E-state index contributed by atoms with van der Waals surface area (Å²) in [5, 5.41) is 2.53. The molecule has 0 atom stereocenters. The van der Waals surface area contributed by atoms with E-state index in [-0.39, 0.29) is 12.0 Å². The fourth-order valence-electron chi connectivity index (χ4n) is 1.50. The van der Waals surface area contributed by atoms with Crippen LogP contribution in [-0.4, -0.2) is 10.9 Å². The van der Waals surface area contributed by atoms with Gasteiger partial charge in [-0.25, -0.2) is 13.8 Å². The Hall–Kier alpha value is -1.82. The van der Waals surface area contributed by atoms with Crippen molar-refractivity contribution >= 4 is 27.7 Å². The van der Waals surface area contributed by atoms with Crippen LogP contribution in [-0.2, 0) is 11.2 Å². The molecule has 3 nitrogen and oxygen atoms in total. The molecule has 2 rings (SSSR count). The maximum atomic E-state index is 13.4. The molecule has 0 aliphatic rings. The normalized spacial score (nSPS) is 10.3. The Morgan fingerprint density at radius 3 is 2.74 bits per heavy atom. The van der Waals surface area contributed by atoms with Gasteiger partial charge in [0, 0.05) is 6.07 Å². The van der Waals surface area contributed by atoms with Crippen LogP contribution in [0.5, 0.6) is 0 Å². The summed E-state index contributed by atoms with van der Waals surface area (Å²) in [4.78, 5) is 15.7. The number of halogens is 3. The Morgan fingerprint density at radius 1 is 1.26 bits per heavy atom. The summed E-state index contributed by atoms with van der Waals surface area (Å²) in [5.41, 5.74) is 0.133. The molecule has 1 aromatic carbocycles. The van der Waals surface area contributed by atoms with E-state index in [1.165, 1.54) is 6.07 Å². The van der Waals surface area contributed by atoms with Gasteiger partial charge in [0.1, 0.15) is 22.1 Å². The average molecular weight is 327 g/mol. The molecular weight excluding hydrogens is 318 g/mol. The van der Waals surface area contributed by atoms with Gasteiger partial charge in [-0.1, -0.05) is 12.1 Å². The first-order chi connectivity index (χ1) is 9.04. The molecule has 0 saturated heterocycles. The topological polar surface area (TPSA) is 42.0 Å². The van der Waals surface area contributed by atoms with E-state index < -0.39 is 17.5 Å². The van der Waals surface area contributed by atoms with E-state index in [4.69, 9.17) is 0 Å². The summed E-state index contributed by atoms with van der Waals surface area (Å²) in [6.07, 6.45) is -0.180. The van der Waals surface area contributed by atoms with Gasteiger partial charge in [-0.05, 0) is 39.7 Å². The quantitative estimate of drug-likeness (QED) is 0.879. The summed E-state index contributed by atoms with van der Waals surface area (Å²) < 4.78 is 26.7. The molecule has 0 spiro atoms. The molecule has 1 aromatic heterocycles. The zero-order valence-corrected chi connectivity index (χ0v) is 11.2. The number of carbonyl (C=O) groups is 1. The van der Waals surface area contributed by atoms with Crippen LogP contribution in [0.2, 0.25) is 0 Å². The van der Waals surface area contributed by atoms with E-state index in [2.05, 4.69) is 26.2 Å². The third-order valence-corrected chi connectivity index (χ3v) is 2.79. The minimum atomic E-state index is -0.739. The lowest BCUT2D eigenvalue weighted by Crippen LogP contribution is -2.16. The zero-order chi connectivity index (χ0) is 13.8. The molecule has 6 heteroatoms. The maximum Gasteiger partial charge on any atom is 0.230 e. The van der Waals surface area contributed by atoms with Crippen molar-refractivity contribution in [1.82, 2.24) is 4.98 Å². The van der Waals surface area contributed by atoms with Crippen molar-refractivity contribution in [3.05, 3.63) is 58.2 Å². The van der Waals surface area contributed by atoms with E-state index in [1.807, 2.05) is 0 Å². The van der Waals surface area contributed by atoms with Gasteiger partial charge in [0.15, 0.2) is 0 Å². The van der Waals surface area contributed by atoms with Crippen LogP contribution >= 0.6 is 15.9 Å². The molecule has 1 heterocycles. The van der Waals surface area contributed by atoms with Gasteiger partial charge in [-0.2, -0.15) is 0 Å². The summed E-state index contributed by atoms with van der Waals surface area (Å²) >= 11 is 3.17. The molecule has 0 unspecified atom stereocenters. The first kappa shape index (κ1) is 13.6. The van der Waals surface area contributed by atoms with Crippen LogP contribution in [0.4, 0.5) is 14.6 Å². The van der Waals surface area contributed by atoms with E-state index >= 15 is 0 Å². The SMILES string of the molecule is O=C(Cc1ccc(F)cc1F)Nc1cccc(Br)n1. The predicted molar refractivity (Wildman–Crippen MR) is 70.6 cm³/mol. The van der Waals surface area contributed by atoms with Gasteiger partial charge in [0.25, 0.3) is 0 Å². The Balaban J connectivity index is 2.05. The van der Waals surface area contributed by atoms with Crippen molar-refractivity contribution in [1.29, 1.82) is 0 Å². The number of rotatable bonds is 3. The van der Waals surface area contributed by atoms with E-state index in [9.17, 15) is 13.6 Å². The highest BCUT2D eigenvalue weighted by Crippen LogP contribution is 2.13. The first-order valence-corrected chi connectivity index (χ1v) is 6.20. The smallest absolute Gasteiger partial charge is 0.230 e. The number of anilines is 1. The van der Waals surface area contributed by atoms with Crippen molar-refractivity contribution in [2.24, 2.45) is 0 Å². The largest absolute Gasteiger partial charge is 0.310 e. The highest BCUT2D eigenvalue weighted by atomic mass is 79.9. The molecule has 19 heavy (non-hydrogen) atoms. The lowest BCUT2D eigenvalue weighted by molar-refractivity contribution is -0.115. The van der Waals surface area contributed by atoms with Crippen molar-refractivity contribution in [3.63, 3.8) is 0 Å². The summed E-state index contributed by atoms with van der Waals surface area (Å²) in [6.45, 7) is 0. The third kappa shape index (κ3) is 3.82. The second-order valence-electron chi connectivity index (χ2n) is 3.81. The van der Waals surface area contributed by atoms with Crippen molar-refractivity contribution in [3.8, 4) is 0 Å². The number of benzene rings is 1. The van der Waals surface area contributed by atoms with Crippen LogP contribution in [0.15, 0.2) is 41.0 Å². The standard InChI is InChI=1S/C13H9BrF2N2O/c14-11-2-1-3-12(17-11)18-13(19)6-8-4-5-9(15)7-10(8)16/h1-5,7H,6H2,(H,17,18,19). The number of aromatic nitrogens is 1. The number of pyridine rings is 1. The zero-order valence-electron chi connectivity index (χ0n) is 9.66. The van der Waals surface area contributed by atoms with Crippen LogP contribution in [0.3, 0.4) is 0 Å². The predicted octanol–water partition coefficient (Wildman–Crippen LogP) is 3.30. The Labute approximate surface area is 116 Å². The fourth-order valence-corrected chi connectivity index (χ4v) is 1.85. The molecule has 2 aromatic rings. The number of carbonyl (C=O) groups excluding carboxylic acids is 1. The van der Waals surface area contributed by atoms with E-state index in [1.54, 1.807) is 18.2 Å². The van der Waals surface area contributed by atoms with Gasteiger partial charge >= 0.3 is 0 Å². The van der Waals surface area contributed by atoms with Gasteiger partial charge < -0.3 is 5.32 Å². The molecule has 0 fully saturated rings. The first-order valence-electron chi connectivity index (χ1n) is 5.41. The van der Waals surface area contributed by atoms with E-state index in [0.29, 0.717) is 10.4 Å². The Morgan fingerprint density at radius 2 is 2.05 bits per heavy atom. The minimum absolute atomic E-state index is 0.133. The molecule has 0 aliphatic heterocycles. The molecule has 98 valence electrons. The summed E-state index contributed by atoms with van der Waals surface area (Å²) in [5.74, 6) is -1.47. The van der Waals surface area contributed by atoms with Crippen molar-refractivity contribution in [2.45, 2.75) is 6.42 Å². The molecule has 1 N–H and O–H groups in total. The fraction of sp³-hybridized carbons (Fsp3) is 0.0769. The monoisotopic (exact) mass is 326 g/mol. The minimum Gasteiger partial charge on any atom is -0.310 e. The Kier molecular flexibility index (Phi) is 4.21. The van der Waals surface area contributed by atoms with Crippen LogP contribution in [0, 0.1) is 11.6 Å². The van der Waals surface area contributed by atoms with Crippen LogP contribution < -0.4 is 5.32 Å². The second kappa shape index (κ2) is 5.88. The lowest BCUT2D eigenvalue weighted by atomic mass is 10.1. The summed E-state index contributed by atoms with van der Waals surface area (Å²) in [6, 6.07) is 8.16. The van der Waals surface area contributed by atoms with Crippen molar-refractivity contribution in [2.75, 3.05) is 5.32 Å². The average Bonchev–Trinajstić information content (AvgIpc) is 2.33. The summed E-state index contributed by atoms with van der Waals surface area (Å²) in [7, 11) is 0. The van der Waals surface area contributed by atoms with Gasteiger partial charge in [-0.15, -0.1) is 0 Å². The molecule has 0 aliphatic carbocycles. The maximum absolute atomic E-state index is 13.4. The molecular formula is C13H9BrF2N2O. The van der Waals surface area contributed by atoms with Gasteiger partial charge in [-0.3, -0.25) is 4.79 Å².